The molecule has 1 aromatic carbocycles. The summed E-state index contributed by atoms with van der Waals surface area (Å²) in [4.78, 5) is 25.5. The summed E-state index contributed by atoms with van der Waals surface area (Å²) < 4.78 is 13.1. The molecule has 0 bridgehead atoms. The molecule has 3 heterocycles. The van der Waals surface area contributed by atoms with Gasteiger partial charge in [-0.2, -0.15) is 4.98 Å². The maximum atomic E-state index is 13.1. The molecular weight excluding hydrogens is 371 g/mol. The lowest BCUT2D eigenvalue weighted by Crippen LogP contribution is -2.04. The summed E-state index contributed by atoms with van der Waals surface area (Å²) in [5.41, 5.74) is 8.04. The molecule has 0 radical (unpaired) electrons. The lowest BCUT2D eigenvalue weighted by Gasteiger charge is -2.11. The van der Waals surface area contributed by atoms with Crippen molar-refractivity contribution in [2.45, 2.75) is 12.8 Å². The van der Waals surface area contributed by atoms with Crippen molar-refractivity contribution in [1.82, 2.24) is 29.9 Å². The van der Waals surface area contributed by atoms with Crippen LogP contribution in [0.4, 0.5) is 22.0 Å². The van der Waals surface area contributed by atoms with Crippen LogP contribution in [0.25, 0.3) is 11.3 Å². The first-order valence-corrected chi connectivity index (χ1v) is 8.84. The zero-order chi connectivity index (χ0) is 20.2. The lowest BCUT2D eigenvalue weighted by atomic mass is 10.0. The van der Waals surface area contributed by atoms with Gasteiger partial charge < -0.3 is 11.1 Å². The molecule has 8 nitrogen and oxygen atoms in total. The number of hydrogen-bond donors (Lipinski definition) is 2. The molecule has 0 amide bonds. The number of benzene rings is 1. The Kier molecular flexibility index (Phi) is 5.02. The van der Waals surface area contributed by atoms with Gasteiger partial charge in [-0.25, -0.2) is 24.3 Å². The van der Waals surface area contributed by atoms with E-state index in [0.717, 1.165) is 5.56 Å². The van der Waals surface area contributed by atoms with Gasteiger partial charge in [0.25, 0.3) is 0 Å². The van der Waals surface area contributed by atoms with E-state index in [0.29, 0.717) is 28.7 Å². The van der Waals surface area contributed by atoms with Gasteiger partial charge in [-0.05, 0) is 17.7 Å². The first-order valence-electron chi connectivity index (χ1n) is 8.84. The Balaban J connectivity index is 1.58. The smallest absolute Gasteiger partial charge is 0.222 e. The van der Waals surface area contributed by atoms with Gasteiger partial charge >= 0.3 is 0 Å². The van der Waals surface area contributed by atoms with E-state index in [9.17, 15) is 4.39 Å². The molecule has 0 aliphatic carbocycles. The zero-order valence-corrected chi connectivity index (χ0v) is 15.5. The number of rotatable bonds is 5. The highest BCUT2D eigenvalue weighted by atomic mass is 19.1. The van der Waals surface area contributed by atoms with Crippen molar-refractivity contribution in [3.63, 3.8) is 0 Å². The van der Waals surface area contributed by atoms with Crippen LogP contribution in [0, 0.1) is 5.82 Å². The van der Waals surface area contributed by atoms with Crippen LogP contribution in [0.1, 0.15) is 24.2 Å². The van der Waals surface area contributed by atoms with Crippen LogP contribution in [0.2, 0.25) is 0 Å². The van der Waals surface area contributed by atoms with E-state index in [-0.39, 0.29) is 17.7 Å². The van der Waals surface area contributed by atoms with E-state index >= 15 is 0 Å². The van der Waals surface area contributed by atoms with Gasteiger partial charge in [0.2, 0.25) is 5.95 Å². The van der Waals surface area contributed by atoms with E-state index in [1.807, 2.05) is 6.92 Å². The molecule has 1 atom stereocenters. The van der Waals surface area contributed by atoms with E-state index < -0.39 is 0 Å². The van der Waals surface area contributed by atoms with Crippen LogP contribution in [-0.4, -0.2) is 29.9 Å². The molecule has 29 heavy (non-hydrogen) atoms. The Morgan fingerprint density at radius 2 is 1.69 bits per heavy atom. The fourth-order valence-corrected chi connectivity index (χ4v) is 2.77. The highest BCUT2D eigenvalue weighted by Crippen LogP contribution is 2.24. The first-order chi connectivity index (χ1) is 14.1. The summed E-state index contributed by atoms with van der Waals surface area (Å²) in [5, 5.41) is 3.03. The maximum Gasteiger partial charge on any atom is 0.222 e. The molecule has 1 unspecified atom stereocenters. The summed E-state index contributed by atoms with van der Waals surface area (Å²) in [5.74, 6) is 1.41. The highest BCUT2D eigenvalue weighted by Gasteiger charge is 2.13. The molecule has 0 saturated carbocycles. The average molecular weight is 388 g/mol. The zero-order valence-electron chi connectivity index (χ0n) is 15.5. The second-order valence-electron chi connectivity index (χ2n) is 6.32. The van der Waals surface area contributed by atoms with Gasteiger partial charge in [-0.3, -0.25) is 4.98 Å². The second kappa shape index (κ2) is 7.93. The van der Waals surface area contributed by atoms with Crippen molar-refractivity contribution in [3.8, 4) is 11.3 Å². The molecule has 0 aliphatic rings. The van der Waals surface area contributed by atoms with Crippen molar-refractivity contribution >= 4 is 17.6 Å². The SMILES string of the molecule is CC(c1ccc(F)cc1)c1ncc(-c2cc(Nc3cnccn3)nc(N)n2)cn1. The maximum absolute atomic E-state index is 13.1. The predicted molar refractivity (Wildman–Crippen MR) is 107 cm³/mol. The number of aromatic nitrogens is 6. The standard InChI is InChI=1S/C20H17FN8/c1-12(13-2-4-15(21)5-3-13)19-25-9-14(10-26-19)16-8-17(29-20(22)27-16)28-18-11-23-6-7-24-18/h2-12H,1H3,(H3,22,24,27,28,29). The first kappa shape index (κ1) is 18.4. The van der Waals surface area contributed by atoms with E-state index in [2.05, 4.69) is 35.2 Å². The third-order valence-corrected chi connectivity index (χ3v) is 4.29. The number of anilines is 3. The van der Waals surface area contributed by atoms with Crippen molar-refractivity contribution in [3.05, 3.63) is 78.5 Å². The number of hydrogen-bond acceptors (Lipinski definition) is 8. The Labute approximate surface area is 166 Å². The van der Waals surface area contributed by atoms with Crippen molar-refractivity contribution in [1.29, 1.82) is 0 Å². The minimum atomic E-state index is -0.274. The van der Waals surface area contributed by atoms with Crippen LogP contribution < -0.4 is 11.1 Å². The summed E-state index contributed by atoms with van der Waals surface area (Å²) in [6.07, 6.45) is 8.08. The van der Waals surface area contributed by atoms with E-state index in [4.69, 9.17) is 5.73 Å². The van der Waals surface area contributed by atoms with Crippen molar-refractivity contribution in [2.24, 2.45) is 0 Å². The van der Waals surface area contributed by atoms with Gasteiger partial charge in [0.1, 0.15) is 23.3 Å². The molecule has 0 fully saturated rings. The topological polar surface area (TPSA) is 115 Å². The fourth-order valence-electron chi connectivity index (χ4n) is 2.77. The Bertz CT molecular complexity index is 1100. The largest absolute Gasteiger partial charge is 0.368 e. The van der Waals surface area contributed by atoms with E-state index in [1.165, 1.54) is 12.1 Å². The number of nitrogens with two attached hydrogens (primary N) is 1. The quantitative estimate of drug-likeness (QED) is 0.535. The number of nitrogens with zero attached hydrogens (tertiary/aromatic N) is 6. The molecule has 3 aromatic heterocycles. The monoisotopic (exact) mass is 388 g/mol. The van der Waals surface area contributed by atoms with Gasteiger partial charge in [0, 0.05) is 42.3 Å². The van der Waals surface area contributed by atoms with Gasteiger partial charge in [0.15, 0.2) is 0 Å². The van der Waals surface area contributed by atoms with Crippen LogP contribution in [0.15, 0.2) is 61.3 Å². The van der Waals surface area contributed by atoms with E-state index in [1.54, 1.807) is 49.2 Å². The minimum Gasteiger partial charge on any atom is -0.368 e. The van der Waals surface area contributed by atoms with Gasteiger partial charge in [0.05, 0.1) is 11.9 Å². The number of halogens is 1. The Hall–Kier alpha value is -4.01. The number of nitrogens with one attached hydrogen (secondary N) is 1. The normalized spacial score (nSPS) is 11.8. The second-order valence-corrected chi connectivity index (χ2v) is 6.32. The van der Waals surface area contributed by atoms with Crippen LogP contribution in [-0.2, 0) is 0 Å². The Morgan fingerprint density at radius 3 is 2.38 bits per heavy atom. The summed E-state index contributed by atoms with van der Waals surface area (Å²) in [6.45, 7) is 1.97. The van der Waals surface area contributed by atoms with Crippen LogP contribution in [0.3, 0.4) is 0 Å². The minimum absolute atomic E-state index is 0.0750. The molecule has 3 N–H and O–H groups in total. The third-order valence-electron chi connectivity index (χ3n) is 4.29. The molecule has 0 spiro atoms. The average Bonchev–Trinajstić information content (AvgIpc) is 2.74. The van der Waals surface area contributed by atoms with Crippen molar-refractivity contribution in [2.75, 3.05) is 11.1 Å². The summed E-state index contributed by atoms with van der Waals surface area (Å²) in [7, 11) is 0. The molecule has 4 rings (SSSR count). The highest BCUT2D eigenvalue weighted by molar-refractivity contribution is 5.64. The molecular formula is C20H17FN8. The molecule has 9 heteroatoms. The molecule has 0 aliphatic heterocycles. The molecule has 4 aromatic rings. The fraction of sp³-hybridized carbons (Fsp3) is 0.100. The van der Waals surface area contributed by atoms with Gasteiger partial charge in [-0.1, -0.05) is 19.1 Å². The third kappa shape index (κ3) is 4.29. The lowest BCUT2D eigenvalue weighted by molar-refractivity contribution is 0.626. The van der Waals surface area contributed by atoms with Crippen LogP contribution >= 0.6 is 0 Å². The molecule has 0 saturated heterocycles. The van der Waals surface area contributed by atoms with Crippen LogP contribution in [0.5, 0.6) is 0 Å². The summed E-state index contributed by atoms with van der Waals surface area (Å²) >= 11 is 0. The number of nitrogen functional groups attached to an aromatic ring is 1. The Morgan fingerprint density at radius 1 is 0.931 bits per heavy atom. The van der Waals surface area contributed by atoms with Gasteiger partial charge in [-0.15, -0.1) is 0 Å². The molecule has 144 valence electrons. The van der Waals surface area contributed by atoms with Crippen molar-refractivity contribution < 1.29 is 4.39 Å². The summed E-state index contributed by atoms with van der Waals surface area (Å²) in [6, 6.07) is 8.04. The predicted octanol–water partition coefficient (Wildman–Crippen LogP) is 3.34.